The summed E-state index contributed by atoms with van der Waals surface area (Å²) < 4.78 is 29.8. The lowest BCUT2D eigenvalue weighted by Gasteiger charge is -2.37. The second-order valence-electron chi connectivity index (χ2n) is 6.82. The number of amides is 1. The molecule has 1 unspecified atom stereocenters. The topological polar surface area (TPSA) is 40.5 Å². The van der Waals surface area contributed by atoms with Crippen molar-refractivity contribution in [2.75, 3.05) is 40.3 Å². The second-order valence-corrected chi connectivity index (χ2v) is 6.82. The maximum absolute atomic E-state index is 14.5. The van der Waals surface area contributed by atoms with E-state index in [1.54, 1.807) is 0 Å². The van der Waals surface area contributed by atoms with E-state index in [1.807, 2.05) is 46.8 Å². The van der Waals surface area contributed by atoms with E-state index in [9.17, 15) is 13.6 Å². The predicted molar refractivity (Wildman–Crippen MR) is 95.8 cm³/mol. The summed E-state index contributed by atoms with van der Waals surface area (Å²) in [5, 5.41) is 2.89. The molecule has 7 heteroatoms. The van der Waals surface area contributed by atoms with E-state index in [1.165, 1.54) is 12.1 Å². The fourth-order valence-corrected chi connectivity index (χ4v) is 3.34. The van der Waals surface area contributed by atoms with Crippen molar-refractivity contribution in [2.24, 2.45) is 0 Å². The molecule has 140 valence electrons. The minimum Gasteiger partial charge on any atom is -0.354 e. The largest absolute Gasteiger partial charge is 0.354 e. The van der Waals surface area contributed by atoms with Crippen LogP contribution in [0.5, 0.6) is 0 Å². The van der Waals surface area contributed by atoms with Crippen LogP contribution in [0.3, 0.4) is 0 Å². The highest BCUT2D eigenvalue weighted by Gasteiger charge is 2.31. The molecular formula is C19H24F2N4O. The molecule has 1 aromatic heterocycles. The van der Waals surface area contributed by atoms with E-state index in [0.717, 1.165) is 24.8 Å². The molecule has 0 saturated heterocycles. The number of fused-ring (bicyclic) bond motifs is 1. The van der Waals surface area contributed by atoms with Crippen molar-refractivity contribution in [3.8, 4) is 0 Å². The van der Waals surface area contributed by atoms with Crippen molar-refractivity contribution in [3.05, 3.63) is 59.4 Å². The highest BCUT2D eigenvalue weighted by Crippen LogP contribution is 2.33. The minimum atomic E-state index is -0.606. The molecular weight excluding hydrogens is 338 g/mol. The Balaban J connectivity index is 1.81. The molecule has 0 fully saturated rings. The van der Waals surface area contributed by atoms with Crippen LogP contribution in [-0.4, -0.2) is 60.5 Å². The van der Waals surface area contributed by atoms with Crippen LogP contribution < -0.4 is 5.32 Å². The van der Waals surface area contributed by atoms with Gasteiger partial charge in [0.15, 0.2) is 0 Å². The summed E-state index contributed by atoms with van der Waals surface area (Å²) in [6.45, 7) is 2.83. The third-order valence-corrected chi connectivity index (χ3v) is 4.62. The molecule has 0 saturated carbocycles. The number of likely N-dealkylation sites (N-methyl/N-ethyl adjacent to an activating group) is 1. The molecule has 0 aliphatic carbocycles. The van der Waals surface area contributed by atoms with E-state index in [4.69, 9.17) is 0 Å². The molecule has 0 radical (unpaired) electrons. The van der Waals surface area contributed by atoms with Gasteiger partial charge in [0.2, 0.25) is 5.91 Å². The molecule has 1 aliphatic heterocycles. The lowest BCUT2D eigenvalue weighted by Crippen LogP contribution is -2.45. The quantitative estimate of drug-likeness (QED) is 0.853. The first-order chi connectivity index (χ1) is 12.5. The first-order valence-electron chi connectivity index (χ1n) is 8.71. The average Bonchev–Trinajstić information content (AvgIpc) is 3.04. The van der Waals surface area contributed by atoms with Crippen molar-refractivity contribution in [1.29, 1.82) is 0 Å². The second kappa shape index (κ2) is 7.97. The zero-order valence-electron chi connectivity index (χ0n) is 15.1. The van der Waals surface area contributed by atoms with Gasteiger partial charge in [-0.05, 0) is 32.3 Å². The van der Waals surface area contributed by atoms with E-state index >= 15 is 0 Å². The summed E-state index contributed by atoms with van der Waals surface area (Å²) in [5.41, 5.74) is 1.29. The molecule has 2 aromatic rings. The summed E-state index contributed by atoms with van der Waals surface area (Å²) >= 11 is 0. The SMILES string of the molecule is CN(C)CCNC(=O)CN1CCn2cccc2C1c1ccc(F)cc1F. The summed E-state index contributed by atoms with van der Waals surface area (Å²) in [4.78, 5) is 16.3. The number of nitrogens with zero attached hydrogens (tertiary/aromatic N) is 3. The highest BCUT2D eigenvalue weighted by molar-refractivity contribution is 5.78. The molecule has 3 rings (SSSR count). The van der Waals surface area contributed by atoms with Gasteiger partial charge < -0.3 is 14.8 Å². The molecule has 5 nitrogen and oxygen atoms in total. The molecule has 2 heterocycles. The Labute approximate surface area is 152 Å². The number of aromatic nitrogens is 1. The van der Waals surface area contributed by atoms with Gasteiger partial charge in [-0.3, -0.25) is 9.69 Å². The number of rotatable bonds is 6. The van der Waals surface area contributed by atoms with Crippen LogP contribution in [0.25, 0.3) is 0 Å². The Morgan fingerprint density at radius 3 is 2.81 bits per heavy atom. The third kappa shape index (κ3) is 4.11. The molecule has 1 aromatic carbocycles. The summed E-state index contributed by atoms with van der Waals surface area (Å²) in [7, 11) is 3.89. The van der Waals surface area contributed by atoms with Crippen LogP contribution in [0.15, 0.2) is 36.5 Å². The van der Waals surface area contributed by atoms with Gasteiger partial charge in [0, 0.05) is 49.7 Å². The van der Waals surface area contributed by atoms with E-state index in [-0.39, 0.29) is 12.5 Å². The zero-order chi connectivity index (χ0) is 18.7. The smallest absolute Gasteiger partial charge is 0.234 e. The maximum Gasteiger partial charge on any atom is 0.234 e. The average molecular weight is 362 g/mol. The Morgan fingerprint density at radius 1 is 1.27 bits per heavy atom. The van der Waals surface area contributed by atoms with E-state index < -0.39 is 17.7 Å². The van der Waals surface area contributed by atoms with Gasteiger partial charge in [-0.15, -0.1) is 0 Å². The third-order valence-electron chi connectivity index (χ3n) is 4.62. The van der Waals surface area contributed by atoms with Gasteiger partial charge in [0.25, 0.3) is 0 Å². The number of carbonyl (C=O) groups is 1. The number of benzene rings is 1. The summed E-state index contributed by atoms with van der Waals surface area (Å²) in [6, 6.07) is 7.03. The van der Waals surface area contributed by atoms with Crippen LogP contribution in [0.2, 0.25) is 0 Å². The molecule has 0 bridgehead atoms. The first kappa shape index (κ1) is 18.5. The van der Waals surface area contributed by atoms with Gasteiger partial charge in [-0.2, -0.15) is 0 Å². The predicted octanol–water partition coefficient (Wildman–Crippen LogP) is 1.85. The molecule has 1 aliphatic rings. The van der Waals surface area contributed by atoms with Crippen molar-refractivity contribution in [1.82, 2.24) is 19.7 Å². The number of hydrogen-bond acceptors (Lipinski definition) is 3. The van der Waals surface area contributed by atoms with Gasteiger partial charge in [0.1, 0.15) is 11.6 Å². The number of halogens is 2. The highest BCUT2D eigenvalue weighted by atomic mass is 19.1. The Morgan fingerprint density at radius 2 is 2.08 bits per heavy atom. The van der Waals surface area contributed by atoms with E-state index in [0.29, 0.717) is 18.7 Å². The number of nitrogens with one attached hydrogen (secondary N) is 1. The zero-order valence-corrected chi connectivity index (χ0v) is 15.1. The summed E-state index contributed by atoms with van der Waals surface area (Å²) in [6.07, 6.45) is 1.94. The van der Waals surface area contributed by atoms with Crippen molar-refractivity contribution in [2.45, 2.75) is 12.6 Å². The fourth-order valence-electron chi connectivity index (χ4n) is 3.34. The molecule has 26 heavy (non-hydrogen) atoms. The monoisotopic (exact) mass is 362 g/mol. The van der Waals surface area contributed by atoms with Crippen LogP contribution in [0, 0.1) is 11.6 Å². The van der Waals surface area contributed by atoms with Crippen molar-refractivity contribution >= 4 is 5.91 Å². The summed E-state index contributed by atoms with van der Waals surface area (Å²) in [5.74, 6) is -1.30. The number of hydrogen-bond donors (Lipinski definition) is 1. The Kier molecular flexibility index (Phi) is 5.68. The molecule has 1 N–H and O–H groups in total. The van der Waals surface area contributed by atoms with E-state index in [2.05, 4.69) is 5.32 Å². The Hall–Kier alpha value is -2.25. The van der Waals surface area contributed by atoms with Crippen LogP contribution >= 0.6 is 0 Å². The minimum absolute atomic E-state index is 0.0978. The van der Waals surface area contributed by atoms with Crippen LogP contribution in [0.4, 0.5) is 8.78 Å². The van der Waals surface area contributed by atoms with Gasteiger partial charge in [-0.25, -0.2) is 8.78 Å². The Bertz CT molecular complexity index is 775. The van der Waals surface area contributed by atoms with Gasteiger partial charge in [-0.1, -0.05) is 6.07 Å². The van der Waals surface area contributed by atoms with Gasteiger partial charge in [0.05, 0.1) is 12.6 Å². The fraction of sp³-hybridized carbons (Fsp3) is 0.421. The van der Waals surface area contributed by atoms with Crippen molar-refractivity contribution < 1.29 is 13.6 Å². The normalized spacial score (nSPS) is 17.3. The van der Waals surface area contributed by atoms with Crippen LogP contribution in [-0.2, 0) is 11.3 Å². The molecule has 1 atom stereocenters. The maximum atomic E-state index is 14.5. The first-order valence-corrected chi connectivity index (χ1v) is 8.71. The number of carbonyl (C=O) groups excluding carboxylic acids is 1. The lowest BCUT2D eigenvalue weighted by atomic mass is 9.99. The lowest BCUT2D eigenvalue weighted by molar-refractivity contribution is -0.122. The van der Waals surface area contributed by atoms with Crippen LogP contribution in [0.1, 0.15) is 17.3 Å². The molecule has 1 amide bonds. The van der Waals surface area contributed by atoms with Gasteiger partial charge >= 0.3 is 0 Å². The van der Waals surface area contributed by atoms with Crippen molar-refractivity contribution in [3.63, 3.8) is 0 Å². The molecule has 0 spiro atoms. The standard InChI is InChI=1S/C19H24F2N4O/c1-23(2)9-7-22-18(26)13-25-11-10-24-8-3-4-17(24)19(25)15-6-5-14(20)12-16(15)21/h3-6,8,12,19H,7,9-11,13H2,1-2H3,(H,22,26).